The van der Waals surface area contributed by atoms with Crippen LogP contribution in [0.4, 0.5) is 0 Å². The van der Waals surface area contributed by atoms with Gasteiger partial charge in [0.1, 0.15) is 17.3 Å². The molecule has 1 heterocycles. The number of aromatic nitrogens is 2. The zero-order chi connectivity index (χ0) is 40.7. The summed E-state index contributed by atoms with van der Waals surface area (Å²) in [6.45, 7) is 0. The van der Waals surface area contributed by atoms with Crippen molar-refractivity contribution in [2.45, 2.75) is 0 Å². The number of nitrogens with zero attached hydrogens (tertiary/aromatic N) is 2. The number of nitrogens with one attached hydrogen (secondary N) is 1. The smallest absolute Gasteiger partial charge is 0.870 e. The summed E-state index contributed by atoms with van der Waals surface area (Å²) in [6.07, 6.45) is 3.37. The Labute approximate surface area is 432 Å². The van der Waals surface area contributed by atoms with E-state index in [-0.39, 0.29) is 80.9 Å². The SMILES string of the molecule is COc1ccc(-c2cc(-c3ccc(Br)cc3)nc(-c3ccc(Br)cc3)n2)cc1.COc1ccc(/C=C/C(=O)c2ccc(Br)cc2)cc1.Cl.N=C(N)c1ccc(Br)cc1.[K+].[OH-]. The van der Waals surface area contributed by atoms with Gasteiger partial charge < -0.3 is 20.7 Å². The summed E-state index contributed by atoms with van der Waals surface area (Å²) in [5, 5.41) is 7.07. The van der Waals surface area contributed by atoms with Gasteiger partial charge in [0, 0.05) is 45.7 Å². The zero-order valence-electron chi connectivity index (χ0n) is 32.7. The largest absolute Gasteiger partial charge is 1.00 e. The summed E-state index contributed by atoms with van der Waals surface area (Å²) in [5.74, 6) is 2.41. The Bertz CT molecular complexity index is 2380. The molecular weight excluding hydrogens is 1070 g/mol. The van der Waals surface area contributed by atoms with E-state index in [9.17, 15) is 4.79 Å². The van der Waals surface area contributed by atoms with Crippen LogP contribution in [-0.2, 0) is 0 Å². The third kappa shape index (κ3) is 16.5. The van der Waals surface area contributed by atoms with E-state index in [2.05, 4.69) is 75.9 Å². The van der Waals surface area contributed by atoms with Crippen molar-refractivity contribution in [3.05, 3.63) is 192 Å². The third-order valence-corrected chi connectivity index (χ3v) is 10.3. The number of halogens is 5. The first-order valence-electron chi connectivity index (χ1n) is 17.3. The molecule has 0 saturated carbocycles. The number of hydrogen-bond acceptors (Lipinski definition) is 7. The number of allylic oxidation sites excluding steroid dienone is 1. The number of ketones is 1. The molecule has 0 radical (unpaired) electrons. The predicted molar refractivity (Wildman–Crippen MR) is 255 cm³/mol. The number of ether oxygens (including phenoxy) is 2. The molecule has 0 bridgehead atoms. The van der Waals surface area contributed by atoms with Gasteiger partial charge in [0.25, 0.3) is 0 Å². The molecule has 6 aromatic carbocycles. The third-order valence-electron chi connectivity index (χ3n) is 8.18. The van der Waals surface area contributed by atoms with Crippen LogP contribution in [0.1, 0.15) is 21.5 Å². The predicted octanol–water partition coefficient (Wildman–Crippen LogP) is 10.3. The van der Waals surface area contributed by atoms with Crippen LogP contribution < -0.4 is 66.6 Å². The van der Waals surface area contributed by atoms with Crippen LogP contribution in [0, 0.1) is 5.41 Å². The first-order valence-corrected chi connectivity index (χ1v) is 20.5. The van der Waals surface area contributed by atoms with Crippen molar-refractivity contribution in [3.63, 3.8) is 0 Å². The number of hydrogen-bond donors (Lipinski definition) is 2. The standard InChI is InChI=1S/C23H16Br2N2O.C16H13BrO2.C7H7BrN2.ClH.K.H2O/c1-28-20-12-6-16(7-13-20)22-14-21(15-2-8-18(24)9-3-15)26-23(27-22)17-4-10-19(25)11-5-17;1-19-15-9-2-12(3-10-15)4-11-16(18)13-5-7-14(17)8-6-13;8-6-3-1-5(2-4-6)7(9)10;;;/h2-14H,1H3;2-11H,1H3;1-4H,(H3,9,10);1H;;1H2/q;;;;+1;/p-1/b;11-4+;;;;. The average Bonchev–Trinajstić information content (AvgIpc) is 3.24. The molecule has 0 unspecified atom stereocenters. The number of carbonyl (C=O) groups excluding carboxylic acids is 1. The van der Waals surface area contributed by atoms with Gasteiger partial charge in [0.05, 0.1) is 25.6 Å². The van der Waals surface area contributed by atoms with Crippen LogP contribution >= 0.6 is 76.1 Å². The molecule has 302 valence electrons. The summed E-state index contributed by atoms with van der Waals surface area (Å²) in [6, 6.07) is 48.3. The minimum atomic E-state index is -0.0108. The molecular formula is C46H38Br4ClKN4O4. The molecule has 0 aliphatic heterocycles. The number of nitrogens with two attached hydrogens (primary N) is 1. The zero-order valence-corrected chi connectivity index (χ0v) is 42.9. The van der Waals surface area contributed by atoms with E-state index in [0.29, 0.717) is 11.4 Å². The van der Waals surface area contributed by atoms with Gasteiger partial charge in [-0.15, -0.1) is 12.4 Å². The number of amidine groups is 1. The van der Waals surface area contributed by atoms with E-state index in [1.165, 1.54) is 0 Å². The fourth-order valence-corrected chi connectivity index (χ4v) is 6.14. The summed E-state index contributed by atoms with van der Waals surface area (Å²) < 4.78 is 14.4. The first-order chi connectivity index (χ1) is 27.5. The van der Waals surface area contributed by atoms with Crippen LogP contribution in [0.25, 0.3) is 40.0 Å². The topological polar surface area (TPSA) is 141 Å². The van der Waals surface area contributed by atoms with Crippen molar-refractivity contribution < 1.29 is 71.1 Å². The fraction of sp³-hybridized carbons (Fsp3) is 0.0435. The van der Waals surface area contributed by atoms with Gasteiger partial charge in [-0.2, -0.15) is 0 Å². The summed E-state index contributed by atoms with van der Waals surface area (Å²) in [4.78, 5) is 21.6. The van der Waals surface area contributed by atoms with Gasteiger partial charge in [0.15, 0.2) is 11.6 Å². The molecule has 0 aliphatic carbocycles. The Kier molecular flexibility index (Phi) is 23.7. The minimum absolute atomic E-state index is 0. The summed E-state index contributed by atoms with van der Waals surface area (Å²) in [7, 11) is 3.29. The second kappa shape index (κ2) is 26.9. The van der Waals surface area contributed by atoms with Crippen LogP contribution in [0.3, 0.4) is 0 Å². The molecule has 0 amide bonds. The molecule has 0 fully saturated rings. The van der Waals surface area contributed by atoms with Crippen molar-refractivity contribution >= 4 is 93.8 Å². The number of carbonyl (C=O) groups is 1. The molecule has 7 aromatic rings. The van der Waals surface area contributed by atoms with E-state index in [1.54, 1.807) is 50.6 Å². The maximum atomic E-state index is 11.9. The Morgan fingerprint density at radius 3 is 1.32 bits per heavy atom. The number of rotatable bonds is 9. The second-order valence-electron chi connectivity index (χ2n) is 12.1. The van der Waals surface area contributed by atoms with Gasteiger partial charge in [0.2, 0.25) is 0 Å². The second-order valence-corrected chi connectivity index (χ2v) is 15.8. The number of nitrogen functional groups attached to an aromatic ring is 1. The normalized spacial score (nSPS) is 9.90. The fourth-order valence-electron chi connectivity index (χ4n) is 5.08. The first kappa shape index (κ1) is 52.8. The van der Waals surface area contributed by atoms with Crippen molar-refractivity contribution in [2.24, 2.45) is 5.73 Å². The molecule has 0 spiro atoms. The molecule has 0 aliphatic rings. The molecule has 14 heteroatoms. The molecule has 1 aromatic heterocycles. The Morgan fingerprint density at radius 1 is 0.567 bits per heavy atom. The van der Waals surface area contributed by atoms with Gasteiger partial charge in [-0.3, -0.25) is 10.2 Å². The van der Waals surface area contributed by atoms with E-state index in [1.807, 2.05) is 115 Å². The van der Waals surface area contributed by atoms with Crippen molar-refractivity contribution in [2.75, 3.05) is 14.2 Å². The monoisotopic (exact) mass is 1100 g/mol. The van der Waals surface area contributed by atoms with Gasteiger partial charge in [-0.1, -0.05) is 118 Å². The van der Waals surface area contributed by atoms with Gasteiger partial charge in [-0.25, -0.2) is 9.97 Å². The van der Waals surface area contributed by atoms with Crippen molar-refractivity contribution in [1.29, 1.82) is 5.41 Å². The molecule has 60 heavy (non-hydrogen) atoms. The molecule has 0 atom stereocenters. The number of methoxy groups -OCH3 is 2. The van der Waals surface area contributed by atoms with Crippen LogP contribution in [0.2, 0.25) is 0 Å². The van der Waals surface area contributed by atoms with Gasteiger partial charge >= 0.3 is 51.4 Å². The maximum absolute atomic E-state index is 11.9. The summed E-state index contributed by atoms with van der Waals surface area (Å²) in [5.41, 5.74) is 12.4. The van der Waals surface area contributed by atoms with Crippen LogP contribution in [-0.4, -0.2) is 41.3 Å². The van der Waals surface area contributed by atoms with E-state index >= 15 is 0 Å². The molecule has 7 rings (SSSR count). The Hall–Kier alpha value is -3.31. The van der Waals surface area contributed by atoms with Crippen molar-refractivity contribution in [3.8, 4) is 45.4 Å². The Balaban J connectivity index is 0.000000337. The van der Waals surface area contributed by atoms with E-state index < -0.39 is 0 Å². The van der Waals surface area contributed by atoms with Gasteiger partial charge in [-0.05, 0) is 115 Å². The maximum Gasteiger partial charge on any atom is 1.00 e. The van der Waals surface area contributed by atoms with E-state index in [4.69, 9.17) is 30.6 Å². The Morgan fingerprint density at radius 2 is 0.917 bits per heavy atom. The molecule has 0 saturated heterocycles. The van der Waals surface area contributed by atoms with Crippen molar-refractivity contribution in [1.82, 2.24) is 9.97 Å². The summed E-state index contributed by atoms with van der Waals surface area (Å²) >= 11 is 13.6. The van der Waals surface area contributed by atoms with Crippen LogP contribution in [0.5, 0.6) is 11.5 Å². The van der Waals surface area contributed by atoms with E-state index in [0.717, 1.165) is 68.6 Å². The average molecular weight is 1110 g/mol. The molecule has 8 nitrogen and oxygen atoms in total. The van der Waals surface area contributed by atoms with Crippen LogP contribution in [0.15, 0.2) is 176 Å². The molecule has 4 N–H and O–H groups in total. The quantitative estimate of drug-likeness (QED) is 0.0482. The minimum Gasteiger partial charge on any atom is -0.870 e. The number of benzene rings is 6.